The first-order chi connectivity index (χ1) is 8.81. The predicted octanol–water partition coefficient (Wildman–Crippen LogP) is 2.16. The van der Waals surface area contributed by atoms with E-state index in [4.69, 9.17) is 4.74 Å². The number of hydrogen-bond donors (Lipinski definition) is 0. The van der Waals surface area contributed by atoms with Gasteiger partial charge in [-0.05, 0) is 25.8 Å². The summed E-state index contributed by atoms with van der Waals surface area (Å²) in [6.45, 7) is 3.13. The summed E-state index contributed by atoms with van der Waals surface area (Å²) in [5, 5.41) is 0. The largest absolute Gasteiger partial charge is 0.466 e. The van der Waals surface area contributed by atoms with E-state index in [1.165, 1.54) is 0 Å². The molecule has 0 N–H and O–H groups in total. The van der Waals surface area contributed by atoms with Crippen LogP contribution in [0, 0.1) is 0 Å². The number of nitrogens with zero attached hydrogens (tertiary/aromatic N) is 3. The minimum absolute atomic E-state index is 0.116. The van der Waals surface area contributed by atoms with Crippen molar-refractivity contribution >= 4 is 17.0 Å². The average molecular weight is 247 g/mol. The number of carbonyl (C=O) groups excluding carboxylic acids is 1. The average Bonchev–Trinajstić information content (AvgIpc) is 2.78. The molecule has 0 atom stereocenters. The predicted molar refractivity (Wildman–Crippen MR) is 68.0 cm³/mol. The van der Waals surface area contributed by atoms with Crippen LogP contribution >= 0.6 is 0 Å². The molecular weight excluding hydrogens is 230 g/mol. The summed E-state index contributed by atoms with van der Waals surface area (Å²) < 4.78 is 6.94. The van der Waals surface area contributed by atoms with Crippen molar-refractivity contribution in [2.24, 2.45) is 0 Å². The zero-order valence-corrected chi connectivity index (χ0v) is 10.5. The number of unbranched alkanes of at least 4 members (excludes halogenated alkanes) is 1. The molecule has 5 nitrogen and oxygen atoms in total. The Labute approximate surface area is 106 Å². The summed E-state index contributed by atoms with van der Waals surface area (Å²) in [6, 6.07) is 1.89. The van der Waals surface area contributed by atoms with Crippen LogP contribution in [0.4, 0.5) is 0 Å². The lowest BCUT2D eigenvalue weighted by Gasteiger charge is -2.04. The third-order valence-corrected chi connectivity index (χ3v) is 2.76. The molecule has 0 saturated heterocycles. The lowest BCUT2D eigenvalue weighted by Crippen LogP contribution is -2.04. The smallest absolute Gasteiger partial charge is 0.305 e. The summed E-state index contributed by atoms with van der Waals surface area (Å²) in [6.07, 6.45) is 7.61. The molecule has 0 amide bonds. The highest BCUT2D eigenvalue weighted by molar-refractivity contribution is 5.73. The van der Waals surface area contributed by atoms with Crippen molar-refractivity contribution in [3.05, 3.63) is 24.8 Å². The van der Waals surface area contributed by atoms with E-state index >= 15 is 0 Å². The van der Waals surface area contributed by atoms with Gasteiger partial charge in [0.2, 0.25) is 0 Å². The molecule has 0 unspecified atom stereocenters. The van der Waals surface area contributed by atoms with Crippen LogP contribution in [0.1, 0.15) is 26.2 Å². The van der Waals surface area contributed by atoms with Gasteiger partial charge >= 0.3 is 5.97 Å². The molecule has 2 rings (SSSR count). The summed E-state index contributed by atoms with van der Waals surface area (Å²) in [5.74, 6) is -0.116. The first kappa shape index (κ1) is 12.5. The van der Waals surface area contributed by atoms with Crippen LogP contribution in [0.5, 0.6) is 0 Å². The number of esters is 1. The Kier molecular flexibility index (Phi) is 4.28. The summed E-state index contributed by atoms with van der Waals surface area (Å²) in [7, 11) is 0. The maximum Gasteiger partial charge on any atom is 0.305 e. The number of imidazole rings is 1. The van der Waals surface area contributed by atoms with Gasteiger partial charge in [-0.3, -0.25) is 9.78 Å². The van der Waals surface area contributed by atoms with Gasteiger partial charge in [0.25, 0.3) is 0 Å². The first-order valence-electron chi connectivity index (χ1n) is 6.21. The van der Waals surface area contributed by atoms with Crippen molar-refractivity contribution in [3.63, 3.8) is 0 Å². The van der Waals surface area contributed by atoms with Crippen molar-refractivity contribution in [2.45, 2.75) is 32.7 Å². The molecule has 18 heavy (non-hydrogen) atoms. The van der Waals surface area contributed by atoms with Crippen LogP contribution in [-0.4, -0.2) is 27.1 Å². The molecule has 0 bridgehead atoms. The van der Waals surface area contributed by atoms with Gasteiger partial charge in [0.05, 0.1) is 30.2 Å². The highest BCUT2D eigenvalue weighted by Gasteiger charge is 2.03. The number of carbonyl (C=O) groups is 1. The normalized spacial score (nSPS) is 10.7. The number of aryl methyl sites for hydroxylation is 1. The minimum atomic E-state index is -0.116. The van der Waals surface area contributed by atoms with Crippen molar-refractivity contribution in [1.29, 1.82) is 0 Å². The summed E-state index contributed by atoms with van der Waals surface area (Å²) in [4.78, 5) is 19.6. The summed E-state index contributed by atoms with van der Waals surface area (Å²) in [5.41, 5.74) is 1.99. The van der Waals surface area contributed by atoms with Crippen LogP contribution in [-0.2, 0) is 16.1 Å². The molecule has 0 aliphatic carbocycles. The van der Waals surface area contributed by atoms with Gasteiger partial charge in [0.1, 0.15) is 0 Å². The molecule has 5 heteroatoms. The second-order valence-corrected chi connectivity index (χ2v) is 4.06. The monoisotopic (exact) mass is 247 g/mol. The molecule has 0 fully saturated rings. The molecule has 0 aromatic carbocycles. The quantitative estimate of drug-likeness (QED) is 0.580. The number of fused-ring (bicyclic) bond motifs is 1. The lowest BCUT2D eigenvalue weighted by atomic mass is 10.2. The minimum Gasteiger partial charge on any atom is -0.466 e. The van der Waals surface area contributed by atoms with Gasteiger partial charge in [-0.1, -0.05) is 0 Å². The number of hydrogen-bond acceptors (Lipinski definition) is 4. The molecule has 2 heterocycles. The van der Waals surface area contributed by atoms with Crippen LogP contribution in [0.15, 0.2) is 24.8 Å². The van der Waals surface area contributed by atoms with Gasteiger partial charge in [-0.2, -0.15) is 0 Å². The van der Waals surface area contributed by atoms with Crippen LogP contribution < -0.4 is 0 Å². The molecule has 0 spiro atoms. The second-order valence-electron chi connectivity index (χ2n) is 4.06. The molecule has 0 radical (unpaired) electrons. The van der Waals surface area contributed by atoms with E-state index in [1.54, 1.807) is 6.20 Å². The highest BCUT2D eigenvalue weighted by Crippen LogP contribution is 2.11. The fourth-order valence-electron chi connectivity index (χ4n) is 1.87. The standard InChI is InChI=1S/C13H17N3O2/c1-2-18-13(17)5-3-4-8-16-10-15-11-6-7-14-9-12(11)16/h6-7,9-10H,2-5,8H2,1H3. The number of ether oxygens (including phenoxy) is 1. The maximum absolute atomic E-state index is 11.2. The maximum atomic E-state index is 11.2. The SMILES string of the molecule is CCOC(=O)CCCCn1cnc2ccncc21. The third-order valence-electron chi connectivity index (χ3n) is 2.76. The Hall–Kier alpha value is -1.91. The second kappa shape index (κ2) is 6.14. The van der Waals surface area contributed by atoms with E-state index in [1.807, 2.05) is 25.5 Å². The van der Waals surface area contributed by atoms with E-state index < -0.39 is 0 Å². The van der Waals surface area contributed by atoms with Gasteiger partial charge in [-0.15, -0.1) is 0 Å². The molecule has 0 aliphatic rings. The Balaban J connectivity index is 1.82. The molecule has 96 valence electrons. The van der Waals surface area contributed by atoms with Gasteiger partial charge in [0.15, 0.2) is 0 Å². The van der Waals surface area contributed by atoms with Gasteiger partial charge in [-0.25, -0.2) is 4.98 Å². The summed E-state index contributed by atoms with van der Waals surface area (Å²) >= 11 is 0. The van der Waals surface area contributed by atoms with Gasteiger partial charge in [0, 0.05) is 19.2 Å². The lowest BCUT2D eigenvalue weighted by molar-refractivity contribution is -0.143. The Bertz CT molecular complexity index is 522. The van der Waals surface area contributed by atoms with Crippen molar-refractivity contribution < 1.29 is 9.53 Å². The molecule has 0 aliphatic heterocycles. The molecular formula is C13H17N3O2. The third kappa shape index (κ3) is 3.06. The topological polar surface area (TPSA) is 57.0 Å². The molecule has 0 saturated carbocycles. The Morgan fingerprint density at radius 3 is 3.17 bits per heavy atom. The van der Waals surface area contributed by atoms with Crippen molar-refractivity contribution in [1.82, 2.24) is 14.5 Å². The zero-order valence-electron chi connectivity index (χ0n) is 10.5. The van der Waals surface area contributed by atoms with E-state index in [9.17, 15) is 4.79 Å². The van der Waals surface area contributed by atoms with E-state index in [-0.39, 0.29) is 5.97 Å². The molecule has 2 aromatic rings. The zero-order chi connectivity index (χ0) is 12.8. The van der Waals surface area contributed by atoms with Gasteiger partial charge < -0.3 is 9.30 Å². The number of rotatable bonds is 6. The fourth-order valence-corrected chi connectivity index (χ4v) is 1.87. The number of pyridine rings is 1. The fraction of sp³-hybridized carbons (Fsp3) is 0.462. The highest BCUT2D eigenvalue weighted by atomic mass is 16.5. The van der Waals surface area contributed by atoms with E-state index in [0.29, 0.717) is 13.0 Å². The van der Waals surface area contributed by atoms with E-state index in [0.717, 1.165) is 30.4 Å². The number of aromatic nitrogens is 3. The molecule has 2 aromatic heterocycles. The van der Waals surface area contributed by atoms with Crippen LogP contribution in [0.25, 0.3) is 11.0 Å². The van der Waals surface area contributed by atoms with Crippen molar-refractivity contribution in [3.8, 4) is 0 Å². The Morgan fingerprint density at radius 1 is 1.44 bits per heavy atom. The Morgan fingerprint density at radius 2 is 2.33 bits per heavy atom. The van der Waals surface area contributed by atoms with Crippen molar-refractivity contribution in [2.75, 3.05) is 6.61 Å². The van der Waals surface area contributed by atoms with Crippen LogP contribution in [0.3, 0.4) is 0 Å². The first-order valence-corrected chi connectivity index (χ1v) is 6.21. The van der Waals surface area contributed by atoms with E-state index in [2.05, 4.69) is 14.5 Å². The van der Waals surface area contributed by atoms with Crippen LogP contribution in [0.2, 0.25) is 0 Å².